The number of amides is 1. The molecule has 0 atom stereocenters. The van der Waals surface area contributed by atoms with Crippen LogP contribution in [-0.2, 0) is 11.2 Å². The monoisotopic (exact) mass is 230 g/mol. The maximum absolute atomic E-state index is 11.5. The quantitative estimate of drug-likeness (QED) is 0.613. The van der Waals surface area contributed by atoms with Gasteiger partial charge in [0.2, 0.25) is 5.91 Å². The molecule has 0 unspecified atom stereocenters. The van der Waals surface area contributed by atoms with Gasteiger partial charge in [0.15, 0.2) is 0 Å². The Kier molecular flexibility index (Phi) is 3.91. The largest absolute Gasteiger partial charge is 0.273 e. The number of hydrogen-bond acceptors (Lipinski definition) is 2. The molecule has 1 N–H and O–H groups in total. The lowest BCUT2D eigenvalue weighted by atomic mass is 10.1. The standard InChI is InChI=1S/C14H18N2O/c1-2-13(10-11-6-4-3-5-7-11)15-16-14(17)12-8-9-12/h3-7,12H,2,8-10H2,1H3,(H,16,17)/b15-13-. The lowest BCUT2D eigenvalue weighted by molar-refractivity contribution is -0.122. The molecule has 1 saturated carbocycles. The minimum absolute atomic E-state index is 0.0732. The first kappa shape index (κ1) is 11.8. The molecule has 0 aliphatic heterocycles. The van der Waals surface area contributed by atoms with Crippen LogP contribution in [0.3, 0.4) is 0 Å². The second kappa shape index (κ2) is 5.62. The number of carbonyl (C=O) groups excluding carboxylic acids is 1. The van der Waals surface area contributed by atoms with Crippen molar-refractivity contribution in [3.63, 3.8) is 0 Å². The van der Waals surface area contributed by atoms with Crippen molar-refractivity contribution in [3.05, 3.63) is 35.9 Å². The highest BCUT2D eigenvalue weighted by Gasteiger charge is 2.29. The molecule has 0 spiro atoms. The van der Waals surface area contributed by atoms with Crippen molar-refractivity contribution in [1.29, 1.82) is 0 Å². The smallest absolute Gasteiger partial charge is 0.243 e. The summed E-state index contributed by atoms with van der Waals surface area (Å²) in [6.45, 7) is 2.06. The zero-order valence-corrected chi connectivity index (χ0v) is 10.1. The van der Waals surface area contributed by atoms with Crippen LogP contribution in [0.1, 0.15) is 31.7 Å². The molecule has 1 amide bonds. The molecular weight excluding hydrogens is 212 g/mol. The summed E-state index contributed by atoms with van der Waals surface area (Å²) in [4.78, 5) is 11.5. The van der Waals surface area contributed by atoms with Crippen LogP contribution in [0.2, 0.25) is 0 Å². The molecule has 90 valence electrons. The Morgan fingerprint density at radius 1 is 1.35 bits per heavy atom. The number of benzene rings is 1. The van der Waals surface area contributed by atoms with E-state index in [1.807, 2.05) is 18.2 Å². The average Bonchev–Trinajstić information content (AvgIpc) is 3.19. The molecule has 0 bridgehead atoms. The van der Waals surface area contributed by atoms with Gasteiger partial charge in [-0.15, -0.1) is 0 Å². The van der Waals surface area contributed by atoms with Crippen LogP contribution in [0.15, 0.2) is 35.4 Å². The van der Waals surface area contributed by atoms with E-state index >= 15 is 0 Å². The molecule has 3 heteroatoms. The predicted molar refractivity (Wildman–Crippen MR) is 68.7 cm³/mol. The number of carbonyl (C=O) groups is 1. The van der Waals surface area contributed by atoms with Gasteiger partial charge in [-0.1, -0.05) is 37.3 Å². The van der Waals surface area contributed by atoms with Crippen LogP contribution in [0.25, 0.3) is 0 Å². The SMILES string of the molecule is CC/C(Cc1ccccc1)=N/NC(=O)C1CC1. The Morgan fingerprint density at radius 3 is 2.65 bits per heavy atom. The fourth-order valence-electron chi connectivity index (χ4n) is 1.65. The van der Waals surface area contributed by atoms with E-state index in [9.17, 15) is 4.79 Å². The number of nitrogens with one attached hydrogen (secondary N) is 1. The van der Waals surface area contributed by atoms with Crippen molar-refractivity contribution in [2.24, 2.45) is 11.0 Å². The minimum atomic E-state index is 0.0732. The molecule has 0 saturated heterocycles. The number of hydrazone groups is 1. The number of rotatable bonds is 5. The van der Waals surface area contributed by atoms with Gasteiger partial charge in [0.05, 0.1) is 0 Å². The fourth-order valence-corrected chi connectivity index (χ4v) is 1.65. The molecule has 1 aromatic rings. The lowest BCUT2D eigenvalue weighted by Crippen LogP contribution is -2.21. The van der Waals surface area contributed by atoms with Crippen molar-refractivity contribution in [1.82, 2.24) is 5.43 Å². The third-order valence-electron chi connectivity index (χ3n) is 2.93. The van der Waals surface area contributed by atoms with E-state index in [1.54, 1.807) is 0 Å². The Labute approximate surface area is 102 Å². The van der Waals surface area contributed by atoms with Crippen molar-refractivity contribution < 1.29 is 4.79 Å². The minimum Gasteiger partial charge on any atom is -0.273 e. The second-order valence-electron chi connectivity index (χ2n) is 4.44. The van der Waals surface area contributed by atoms with Gasteiger partial charge in [-0.25, -0.2) is 5.43 Å². The van der Waals surface area contributed by atoms with Gasteiger partial charge in [-0.3, -0.25) is 4.79 Å². The van der Waals surface area contributed by atoms with Crippen molar-refractivity contribution in [3.8, 4) is 0 Å². The van der Waals surface area contributed by atoms with E-state index in [4.69, 9.17) is 0 Å². The highest BCUT2D eigenvalue weighted by molar-refractivity contribution is 5.88. The highest BCUT2D eigenvalue weighted by atomic mass is 16.2. The van der Waals surface area contributed by atoms with E-state index in [-0.39, 0.29) is 11.8 Å². The molecule has 0 heterocycles. The number of hydrogen-bond donors (Lipinski definition) is 1. The van der Waals surface area contributed by atoms with Crippen molar-refractivity contribution in [2.45, 2.75) is 32.6 Å². The summed E-state index contributed by atoms with van der Waals surface area (Å²) in [6.07, 6.45) is 3.70. The van der Waals surface area contributed by atoms with Crippen LogP contribution in [0.5, 0.6) is 0 Å². The molecular formula is C14H18N2O. The molecule has 17 heavy (non-hydrogen) atoms. The van der Waals surface area contributed by atoms with E-state index < -0.39 is 0 Å². The average molecular weight is 230 g/mol. The first-order chi connectivity index (χ1) is 8.29. The summed E-state index contributed by atoms with van der Waals surface area (Å²) in [7, 11) is 0. The summed E-state index contributed by atoms with van der Waals surface area (Å²) in [5, 5.41) is 4.22. The molecule has 1 fully saturated rings. The van der Waals surface area contributed by atoms with E-state index in [2.05, 4.69) is 29.6 Å². The molecule has 1 aliphatic rings. The Bertz CT molecular complexity index is 407. The predicted octanol–water partition coefficient (Wildman–Crippen LogP) is 2.52. The maximum atomic E-state index is 11.5. The zero-order valence-electron chi connectivity index (χ0n) is 10.1. The van der Waals surface area contributed by atoms with E-state index in [0.717, 1.165) is 31.4 Å². The van der Waals surface area contributed by atoms with Gasteiger partial charge in [0, 0.05) is 18.1 Å². The molecule has 1 aromatic carbocycles. The van der Waals surface area contributed by atoms with Gasteiger partial charge in [0.25, 0.3) is 0 Å². The molecule has 0 radical (unpaired) electrons. The first-order valence-corrected chi connectivity index (χ1v) is 6.18. The van der Waals surface area contributed by atoms with Gasteiger partial charge < -0.3 is 0 Å². The third-order valence-corrected chi connectivity index (χ3v) is 2.93. The van der Waals surface area contributed by atoms with Crippen molar-refractivity contribution in [2.75, 3.05) is 0 Å². The van der Waals surface area contributed by atoms with Crippen molar-refractivity contribution >= 4 is 11.6 Å². The summed E-state index contributed by atoms with van der Waals surface area (Å²) in [5.41, 5.74) is 4.91. The molecule has 3 nitrogen and oxygen atoms in total. The van der Waals surface area contributed by atoms with Gasteiger partial charge >= 0.3 is 0 Å². The van der Waals surface area contributed by atoms with E-state index in [1.165, 1.54) is 5.56 Å². The van der Waals surface area contributed by atoms with Gasteiger partial charge in [-0.05, 0) is 24.8 Å². The van der Waals surface area contributed by atoms with Crippen LogP contribution in [0.4, 0.5) is 0 Å². The summed E-state index contributed by atoms with van der Waals surface area (Å²) >= 11 is 0. The van der Waals surface area contributed by atoms with Crippen LogP contribution in [0, 0.1) is 5.92 Å². The Morgan fingerprint density at radius 2 is 2.06 bits per heavy atom. The topological polar surface area (TPSA) is 41.5 Å². The Balaban J connectivity index is 1.91. The second-order valence-corrected chi connectivity index (χ2v) is 4.44. The summed E-state index contributed by atoms with van der Waals surface area (Å²) in [6, 6.07) is 10.2. The highest BCUT2D eigenvalue weighted by Crippen LogP contribution is 2.28. The third kappa shape index (κ3) is 3.70. The lowest BCUT2D eigenvalue weighted by Gasteiger charge is -2.04. The molecule has 0 aromatic heterocycles. The van der Waals surface area contributed by atoms with Crippen LogP contribution >= 0.6 is 0 Å². The Hall–Kier alpha value is -1.64. The van der Waals surface area contributed by atoms with E-state index in [0.29, 0.717) is 0 Å². The number of nitrogens with zero attached hydrogens (tertiary/aromatic N) is 1. The first-order valence-electron chi connectivity index (χ1n) is 6.18. The fraction of sp³-hybridized carbons (Fsp3) is 0.429. The zero-order chi connectivity index (χ0) is 12.1. The maximum Gasteiger partial charge on any atom is 0.243 e. The van der Waals surface area contributed by atoms with Crippen LogP contribution in [-0.4, -0.2) is 11.6 Å². The summed E-state index contributed by atoms with van der Waals surface area (Å²) < 4.78 is 0. The normalized spacial score (nSPS) is 15.7. The van der Waals surface area contributed by atoms with Gasteiger partial charge in [0.1, 0.15) is 0 Å². The van der Waals surface area contributed by atoms with Gasteiger partial charge in [-0.2, -0.15) is 5.10 Å². The summed E-state index contributed by atoms with van der Waals surface area (Å²) in [5.74, 6) is 0.289. The molecule has 1 aliphatic carbocycles. The van der Waals surface area contributed by atoms with Crippen LogP contribution < -0.4 is 5.43 Å². The molecule has 2 rings (SSSR count).